The summed E-state index contributed by atoms with van der Waals surface area (Å²) in [7, 11) is 1.62. The molecule has 4 aromatic rings. The third-order valence-corrected chi connectivity index (χ3v) is 4.84. The molecule has 0 radical (unpaired) electrons. The van der Waals surface area contributed by atoms with E-state index in [0.29, 0.717) is 16.6 Å². The molecule has 0 fully saturated rings. The molecule has 120 valence electrons. The lowest BCUT2D eigenvalue weighted by Crippen LogP contribution is -1.94. The summed E-state index contributed by atoms with van der Waals surface area (Å²) >= 11 is 7.63. The lowest BCUT2D eigenvalue weighted by Gasteiger charge is -2.06. The number of hydrogen-bond donors (Lipinski definition) is 0. The van der Waals surface area contributed by atoms with Crippen LogP contribution in [0.15, 0.2) is 42.5 Å². The maximum absolute atomic E-state index is 6.13. The number of nitrogens with zero attached hydrogens (tertiary/aromatic N) is 4. The largest absolute Gasteiger partial charge is 0.496 e. The third kappa shape index (κ3) is 2.53. The molecule has 5 nitrogen and oxygen atoms in total. The van der Waals surface area contributed by atoms with E-state index in [4.69, 9.17) is 16.3 Å². The summed E-state index contributed by atoms with van der Waals surface area (Å²) in [6, 6.07) is 13.6. The first-order chi connectivity index (χ1) is 11.7. The van der Waals surface area contributed by atoms with E-state index < -0.39 is 0 Å². The van der Waals surface area contributed by atoms with E-state index in [0.717, 1.165) is 21.1 Å². The lowest BCUT2D eigenvalue weighted by molar-refractivity contribution is 0.416. The summed E-state index contributed by atoms with van der Waals surface area (Å²) in [4.78, 5) is 0.725. The first kappa shape index (κ1) is 15.1. The van der Waals surface area contributed by atoms with Gasteiger partial charge in [-0.05, 0) is 31.2 Å². The van der Waals surface area contributed by atoms with Crippen LogP contribution >= 0.6 is 22.9 Å². The second kappa shape index (κ2) is 5.89. The van der Waals surface area contributed by atoms with Gasteiger partial charge in [0.1, 0.15) is 10.8 Å². The van der Waals surface area contributed by atoms with Crippen molar-refractivity contribution in [3.05, 3.63) is 53.1 Å². The molecule has 4 rings (SSSR count). The standard InChI is InChI=1S/C17H13ClN4OS/c1-10-4-3-5-11(8-10)16-21-22-15(19-20-17(22)24-16)13-9-12(18)6-7-14(13)23-2/h3-9H,1-2H3. The number of hydrogen-bond acceptors (Lipinski definition) is 5. The van der Waals surface area contributed by atoms with Crippen molar-refractivity contribution in [2.45, 2.75) is 6.92 Å². The van der Waals surface area contributed by atoms with Crippen LogP contribution in [0.2, 0.25) is 5.02 Å². The molecule has 0 amide bonds. The van der Waals surface area contributed by atoms with Crippen LogP contribution in [0.3, 0.4) is 0 Å². The minimum absolute atomic E-state index is 0.608. The number of rotatable bonds is 3. The van der Waals surface area contributed by atoms with Crippen molar-refractivity contribution >= 4 is 27.9 Å². The molecule has 0 bridgehead atoms. The molecule has 0 aliphatic carbocycles. The highest BCUT2D eigenvalue weighted by atomic mass is 35.5. The Hall–Kier alpha value is -2.44. The van der Waals surface area contributed by atoms with Gasteiger partial charge in [0, 0.05) is 10.6 Å². The van der Waals surface area contributed by atoms with Gasteiger partial charge in [-0.15, -0.1) is 10.2 Å². The molecule has 2 heterocycles. The average molecular weight is 357 g/mol. The van der Waals surface area contributed by atoms with E-state index in [1.54, 1.807) is 17.7 Å². The fraction of sp³-hybridized carbons (Fsp3) is 0.118. The molecule has 0 saturated carbocycles. The highest BCUT2D eigenvalue weighted by Gasteiger charge is 2.18. The van der Waals surface area contributed by atoms with Crippen LogP contribution in [-0.4, -0.2) is 26.9 Å². The molecule has 0 N–H and O–H groups in total. The van der Waals surface area contributed by atoms with E-state index in [1.165, 1.54) is 16.9 Å². The maximum atomic E-state index is 6.13. The summed E-state index contributed by atoms with van der Waals surface area (Å²) in [6.45, 7) is 2.06. The molecule has 2 aromatic heterocycles. The van der Waals surface area contributed by atoms with Crippen molar-refractivity contribution in [1.29, 1.82) is 0 Å². The fourth-order valence-electron chi connectivity index (χ4n) is 2.53. The average Bonchev–Trinajstić information content (AvgIpc) is 3.15. The Balaban J connectivity index is 1.88. The molecule has 0 aliphatic rings. The summed E-state index contributed by atoms with van der Waals surface area (Å²) in [5.74, 6) is 1.29. The van der Waals surface area contributed by atoms with Crippen LogP contribution in [0.1, 0.15) is 5.56 Å². The van der Waals surface area contributed by atoms with Gasteiger partial charge in [-0.25, -0.2) is 0 Å². The van der Waals surface area contributed by atoms with E-state index in [-0.39, 0.29) is 0 Å². The SMILES string of the molecule is COc1ccc(Cl)cc1-c1nnc2sc(-c3cccc(C)c3)nn12. The van der Waals surface area contributed by atoms with Crippen LogP contribution in [0.4, 0.5) is 0 Å². The normalized spacial score (nSPS) is 11.1. The number of aryl methyl sites for hydroxylation is 1. The molecular formula is C17H13ClN4OS. The van der Waals surface area contributed by atoms with Crippen molar-refractivity contribution in [1.82, 2.24) is 19.8 Å². The van der Waals surface area contributed by atoms with Crippen molar-refractivity contribution < 1.29 is 4.74 Å². The fourth-order valence-corrected chi connectivity index (χ4v) is 3.54. The lowest BCUT2D eigenvalue weighted by atomic mass is 10.1. The van der Waals surface area contributed by atoms with Gasteiger partial charge in [-0.1, -0.05) is 46.7 Å². The summed E-state index contributed by atoms with van der Waals surface area (Å²) < 4.78 is 7.15. The predicted molar refractivity (Wildman–Crippen MR) is 95.8 cm³/mol. The second-order valence-corrected chi connectivity index (χ2v) is 6.73. The van der Waals surface area contributed by atoms with Crippen LogP contribution in [0.25, 0.3) is 26.9 Å². The second-order valence-electron chi connectivity index (χ2n) is 5.34. The molecule has 0 unspecified atom stereocenters. The minimum Gasteiger partial charge on any atom is -0.496 e. The molecule has 0 saturated heterocycles. The monoisotopic (exact) mass is 356 g/mol. The highest BCUT2D eigenvalue weighted by molar-refractivity contribution is 7.19. The number of benzene rings is 2. The number of fused-ring (bicyclic) bond motifs is 1. The summed E-state index contributed by atoms with van der Waals surface area (Å²) in [5.41, 5.74) is 3.02. The molecule has 7 heteroatoms. The van der Waals surface area contributed by atoms with Gasteiger partial charge < -0.3 is 4.74 Å². The van der Waals surface area contributed by atoms with Crippen LogP contribution < -0.4 is 4.74 Å². The topological polar surface area (TPSA) is 52.3 Å². The third-order valence-electron chi connectivity index (χ3n) is 3.66. The van der Waals surface area contributed by atoms with E-state index >= 15 is 0 Å². The zero-order valence-electron chi connectivity index (χ0n) is 13.0. The van der Waals surface area contributed by atoms with Crippen molar-refractivity contribution in [2.24, 2.45) is 0 Å². The molecule has 0 aliphatic heterocycles. The van der Waals surface area contributed by atoms with Crippen LogP contribution in [0.5, 0.6) is 5.75 Å². The molecule has 0 atom stereocenters. The quantitative estimate of drug-likeness (QED) is 0.542. The van der Waals surface area contributed by atoms with Gasteiger partial charge in [0.15, 0.2) is 5.82 Å². The summed E-state index contributed by atoms with van der Waals surface area (Å²) in [6.07, 6.45) is 0. The number of methoxy groups -OCH3 is 1. The zero-order valence-corrected chi connectivity index (χ0v) is 14.6. The van der Waals surface area contributed by atoms with Crippen LogP contribution in [-0.2, 0) is 0 Å². The summed E-state index contributed by atoms with van der Waals surface area (Å²) in [5, 5.41) is 14.7. The molecular weight excluding hydrogens is 344 g/mol. The van der Waals surface area contributed by atoms with Gasteiger partial charge >= 0.3 is 0 Å². The minimum atomic E-state index is 0.608. The van der Waals surface area contributed by atoms with Gasteiger partial charge in [0.2, 0.25) is 4.96 Å². The van der Waals surface area contributed by atoms with E-state index in [2.05, 4.69) is 34.4 Å². The van der Waals surface area contributed by atoms with Gasteiger partial charge in [0.25, 0.3) is 0 Å². The van der Waals surface area contributed by atoms with Gasteiger partial charge in [0.05, 0.1) is 12.7 Å². The zero-order chi connectivity index (χ0) is 16.7. The first-order valence-corrected chi connectivity index (χ1v) is 8.48. The Morgan fingerprint density at radius 1 is 1.12 bits per heavy atom. The molecule has 0 spiro atoms. The van der Waals surface area contributed by atoms with Crippen molar-refractivity contribution in [3.8, 4) is 27.7 Å². The van der Waals surface area contributed by atoms with Crippen molar-refractivity contribution in [3.63, 3.8) is 0 Å². The molecule has 2 aromatic carbocycles. The highest BCUT2D eigenvalue weighted by Crippen LogP contribution is 2.33. The maximum Gasteiger partial charge on any atom is 0.235 e. The Labute approximate surface area is 147 Å². The Bertz CT molecular complexity index is 1040. The van der Waals surface area contributed by atoms with E-state index in [9.17, 15) is 0 Å². The predicted octanol–water partition coefficient (Wildman–Crippen LogP) is 4.49. The molecule has 24 heavy (non-hydrogen) atoms. The number of halogens is 1. The first-order valence-electron chi connectivity index (χ1n) is 7.29. The van der Waals surface area contributed by atoms with E-state index in [1.807, 2.05) is 24.3 Å². The Morgan fingerprint density at radius 2 is 2.00 bits per heavy atom. The van der Waals surface area contributed by atoms with Gasteiger partial charge in [-0.2, -0.15) is 9.61 Å². The Morgan fingerprint density at radius 3 is 2.79 bits per heavy atom. The Kier molecular flexibility index (Phi) is 3.70. The van der Waals surface area contributed by atoms with Crippen LogP contribution in [0, 0.1) is 6.92 Å². The van der Waals surface area contributed by atoms with Crippen molar-refractivity contribution in [2.75, 3.05) is 7.11 Å². The number of aromatic nitrogens is 4. The van der Waals surface area contributed by atoms with Gasteiger partial charge in [-0.3, -0.25) is 0 Å². The smallest absolute Gasteiger partial charge is 0.235 e. The number of ether oxygens (including phenoxy) is 1.